The number of benzene rings is 1. The number of hydrogen-bond donors (Lipinski definition) is 1. The third-order valence-electron chi connectivity index (χ3n) is 6.04. The third kappa shape index (κ3) is 4.12. The van der Waals surface area contributed by atoms with E-state index < -0.39 is 26.1 Å². The maximum absolute atomic E-state index is 14.0. The standard InChI is InChI=1S/C24H30N4O3/c1-30-20-7-4-17(5-8-20)24(29)28-16-18-3-2-10-25-23(18)26-21-9-6-19(15-22(21)28)27-11-13-31-14-12-27/h2-3,6,9-10,15,17,20H,4-5,7-8,11-14,16H2,1H3,(H,25,26)/i11D2,12D2,13D2,14D2. The van der Waals surface area contributed by atoms with Gasteiger partial charge in [0, 0.05) is 43.5 Å². The molecule has 31 heavy (non-hydrogen) atoms. The molecule has 164 valence electrons. The molecule has 0 bridgehead atoms. The lowest BCUT2D eigenvalue weighted by Gasteiger charge is -2.33. The van der Waals surface area contributed by atoms with Gasteiger partial charge in [-0.05, 0) is 49.9 Å². The molecule has 7 nitrogen and oxygen atoms in total. The second-order valence-electron chi connectivity index (χ2n) is 7.84. The average Bonchev–Trinajstić information content (AvgIpc) is 3.03. The zero-order valence-electron chi connectivity index (χ0n) is 25.2. The van der Waals surface area contributed by atoms with Crippen LogP contribution in [0, 0.1) is 5.92 Å². The minimum Gasteiger partial charge on any atom is -0.381 e. The lowest BCUT2D eigenvalue weighted by atomic mass is 9.86. The molecule has 1 saturated carbocycles. The average molecular weight is 431 g/mol. The Hall–Kier alpha value is -2.64. The highest BCUT2D eigenvalue weighted by atomic mass is 16.5. The Labute approximate surface area is 194 Å². The lowest BCUT2D eigenvalue weighted by molar-refractivity contribution is -0.124. The van der Waals surface area contributed by atoms with Gasteiger partial charge in [0.2, 0.25) is 5.91 Å². The van der Waals surface area contributed by atoms with E-state index in [1.165, 1.54) is 18.2 Å². The second-order valence-corrected chi connectivity index (χ2v) is 7.84. The first-order valence-corrected chi connectivity index (χ1v) is 10.4. The first kappa shape index (κ1) is 13.0. The highest BCUT2D eigenvalue weighted by molar-refractivity contribution is 6.00. The number of anilines is 4. The predicted molar refractivity (Wildman–Crippen MR) is 121 cm³/mol. The molecule has 1 saturated heterocycles. The van der Waals surface area contributed by atoms with Crippen LogP contribution in [0.2, 0.25) is 0 Å². The van der Waals surface area contributed by atoms with Gasteiger partial charge in [-0.25, -0.2) is 4.98 Å². The molecule has 1 aromatic heterocycles. The molecule has 2 fully saturated rings. The highest BCUT2D eigenvalue weighted by Gasteiger charge is 2.33. The van der Waals surface area contributed by atoms with Crippen LogP contribution in [-0.2, 0) is 20.8 Å². The van der Waals surface area contributed by atoms with Crippen LogP contribution in [-0.4, -0.2) is 50.2 Å². The van der Waals surface area contributed by atoms with Crippen molar-refractivity contribution in [2.45, 2.75) is 38.3 Å². The van der Waals surface area contributed by atoms with E-state index in [-0.39, 0.29) is 30.2 Å². The number of nitrogens with one attached hydrogen (secondary N) is 1. The van der Waals surface area contributed by atoms with Crippen LogP contribution in [0.1, 0.15) is 42.2 Å². The fourth-order valence-corrected chi connectivity index (χ4v) is 4.33. The van der Waals surface area contributed by atoms with E-state index in [0.29, 0.717) is 34.9 Å². The summed E-state index contributed by atoms with van der Waals surface area (Å²) in [5.41, 5.74) is 1.39. The number of carbonyl (C=O) groups is 1. The molecule has 2 aromatic rings. The van der Waals surface area contributed by atoms with Crippen molar-refractivity contribution in [2.75, 3.05) is 48.3 Å². The quantitative estimate of drug-likeness (QED) is 0.801. The van der Waals surface area contributed by atoms with Crippen LogP contribution in [0.25, 0.3) is 0 Å². The number of nitrogens with zero attached hydrogens (tertiary/aromatic N) is 3. The van der Waals surface area contributed by atoms with E-state index in [0.717, 1.165) is 18.4 Å². The van der Waals surface area contributed by atoms with Crippen LogP contribution in [0.4, 0.5) is 22.9 Å². The van der Waals surface area contributed by atoms with Crippen molar-refractivity contribution in [1.82, 2.24) is 4.98 Å². The molecule has 0 atom stereocenters. The number of fused-ring (bicyclic) bond motifs is 2. The number of morpholine rings is 1. The van der Waals surface area contributed by atoms with E-state index in [1.807, 2.05) is 6.07 Å². The molecule has 5 rings (SSSR count). The van der Waals surface area contributed by atoms with E-state index in [1.54, 1.807) is 24.3 Å². The van der Waals surface area contributed by atoms with Crippen molar-refractivity contribution in [3.05, 3.63) is 42.1 Å². The number of rotatable bonds is 3. The molecule has 0 radical (unpaired) electrons. The highest BCUT2D eigenvalue weighted by Crippen LogP contribution is 2.39. The Bertz CT molecular complexity index is 1240. The molecule has 0 unspecified atom stereocenters. The number of aromatic nitrogens is 1. The summed E-state index contributed by atoms with van der Waals surface area (Å²) in [6, 6.07) is 7.88. The SMILES string of the molecule is [2H]C1([2H])OC([2H])([2H])C([2H])([2H])N(c2ccc3c(c2)N(C(=O)C2CCC(OC)CC2)Cc2cccnc2N3)C1([2H])[2H]. The van der Waals surface area contributed by atoms with E-state index in [4.69, 9.17) is 15.7 Å². The number of pyridine rings is 1. The van der Waals surface area contributed by atoms with Gasteiger partial charge in [-0.2, -0.15) is 0 Å². The van der Waals surface area contributed by atoms with Gasteiger partial charge in [0.1, 0.15) is 5.82 Å². The summed E-state index contributed by atoms with van der Waals surface area (Å²) in [4.78, 5) is 20.3. The van der Waals surface area contributed by atoms with Crippen molar-refractivity contribution < 1.29 is 25.2 Å². The second kappa shape index (κ2) is 8.85. The van der Waals surface area contributed by atoms with Crippen LogP contribution in [0.5, 0.6) is 0 Å². The Morgan fingerprint density at radius 3 is 2.81 bits per heavy atom. The predicted octanol–water partition coefficient (Wildman–Crippen LogP) is 3.71. The van der Waals surface area contributed by atoms with Gasteiger partial charge in [-0.15, -0.1) is 0 Å². The number of methoxy groups -OCH3 is 1. The molecule has 7 heteroatoms. The molecular formula is C24H30N4O3. The molecule has 0 spiro atoms. The summed E-state index contributed by atoms with van der Waals surface area (Å²) in [5.74, 6) is 0.102. The van der Waals surface area contributed by atoms with E-state index >= 15 is 0 Å². The minimum absolute atomic E-state index is 0.0967. The van der Waals surface area contributed by atoms with Gasteiger partial charge in [0.15, 0.2) is 0 Å². The van der Waals surface area contributed by atoms with Gasteiger partial charge < -0.3 is 24.6 Å². The monoisotopic (exact) mass is 430 g/mol. The van der Waals surface area contributed by atoms with Gasteiger partial charge in [0.25, 0.3) is 0 Å². The summed E-state index contributed by atoms with van der Waals surface area (Å²) >= 11 is 0. The molecule has 3 aliphatic rings. The van der Waals surface area contributed by atoms with Gasteiger partial charge in [0.05, 0.1) is 48.1 Å². The fraction of sp³-hybridized carbons (Fsp3) is 0.500. The number of carbonyl (C=O) groups excluding carboxylic acids is 1. The summed E-state index contributed by atoms with van der Waals surface area (Å²) in [6.45, 7) is -12.4. The first-order chi connectivity index (χ1) is 18.2. The van der Waals surface area contributed by atoms with Crippen molar-refractivity contribution in [1.29, 1.82) is 0 Å². The Balaban J connectivity index is 1.61. The Kier molecular flexibility index (Phi) is 3.72. The van der Waals surface area contributed by atoms with Crippen LogP contribution >= 0.6 is 0 Å². The number of hydrogen-bond acceptors (Lipinski definition) is 6. The van der Waals surface area contributed by atoms with Gasteiger partial charge >= 0.3 is 0 Å². The summed E-state index contributed by atoms with van der Waals surface area (Å²) < 4.78 is 76.1. The zero-order valence-corrected chi connectivity index (χ0v) is 17.2. The molecule has 2 aliphatic heterocycles. The maximum Gasteiger partial charge on any atom is 0.230 e. The Morgan fingerprint density at radius 2 is 2.03 bits per heavy atom. The van der Waals surface area contributed by atoms with Crippen molar-refractivity contribution >= 4 is 28.8 Å². The van der Waals surface area contributed by atoms with Crippen LogP contribution < -0.4 is 15.1 Å². The lowest BCUT2D eigenvalue weighted by Crippen LogP contribution is -2.39. The normalized spacial score (nSPS) is 33.7. The molecular weight excluding hydrogens is 392 g/mol. The Morgan fingerprint density at radius 1 is 1.23 bits per heavy atom. The zero-order chi connectivity index (χ0) is 28.4. The molecule has 1 N–H and O–H groups in total. The molecule has 1 aliphatic carbocycles. The van der Waals surface area contributed by atoms with Gasteiger partial charge in [-0.1, -0.05) is 6.07 Å². The van der Waals surface area contributed by atoms with Crippen molar-refractivity contribution in [3.8, 4) is 0 Å². The van der Waals surface area contributed by atoms with E-state index in [9.17, 15) is 4.79 Å². The van der Waals surface area contributed by atoms with Crippen LogP contribution in [0.15, 0.2) is 36.5 Å². The fourth-order valence-electron chi connectivity index (χ4n) is 4.33. The molecule has 3 heterocycles. The summed E-state index contributed by atoms with van der Waals surface area (Å²) in [5, 5.41) is 3.21. The molecule has 1 amide bonds. The summed E-state index contributed by atoms with van der Waals surface area (Å²) in [7, 11) is 1.66. The minimum atomic E-state index is -3.19. The first-order valence-electron chi connectivity index (χ1n) is 14.4. The smallest absolute Gasteiger partial charge is 0.230 e. The number of amides is 1. The molecule has 1 aromatic carbocycles. The third-order valence-corrected chi connectivity index (χ3v) is 6.04. The topological polar surface area (TPSA) is 66.9 Å². The van der Waals surface area contributed by atoms with Crippen molar-refractivity contribution in [2.24, 2.45) is 5.92 Å². The van der Waals surface area contributed by atoms with Crippen LogP contribution in [0.3, 0.4) is 0 Å². The summed E-state index contributed by atoms with van der Waals surface area (Å²) in [6.07, 6.45) is 4.45. The van der Waals surface area contributed by atoms with E-state index in [2.05, 4.69) is 15.0 Å². The maximum atomic E-state index is 14.0. The van der Waals surface area contributed by atoms with Crippen molar-refractivity contribution in [3.63, 3.8) is 0 Å². The largest absolute Gasteiger partial charge is 0.381 e. The van der Waals surface area contributed by atoms with Gasteiger partial charge in [-0.3, -0.25) is 4.79 Å². The number of ether oxygens (including phenoxy) is 2.